The molecule has 0 aromatic heterocycles. The molecule has 0 amide bonds. The molecular weight excluding hydrogens is 254 g/mol. The first-order valence-corrected chi connectivity index (χ1v) is 8.77. The molecular formula is C13H18F2O2Si. The van der Waals surface area contributed by atoms with Crippen molar-refractivity contribution in [3.05, 3.63) is 29.3 Å². The van der Waals surface area contributed by atoms with Crippen LogP contribution in [0.25, 0.3) is 0 Å². The zero-order valence-electron chi connectivity index (χ0n) is 10.9. The van der Waals surface area contributed by atoms with Crippen molar-refractivity contribution in [1.82, 2.24) is 0 Å². The second-order valence-corrected chi connectivity index (χ2v) is 9.61. The quantitative estimate of drug-likeness (QED) is 0.834. The normalized spacial score (nSPS) is 11.6. The third kappa shape index (κ3) is 2.32. The number of carboxylic acids is 1. The minimum absolute atomic E-state index is 0.0508. The van der Waals surface area contributed by atoms with Gasteiger partial charge in [-0.15, -0.1) is 0 Å². The van der Waals surface area contributed by atoms with Gasteiger partial charge in [-0.25, -0.2) is 13.6 Å². The Balaban J connectivity index is 3.56. The molecule has 0 saturated carbocycles. The van der Waals surface area contributed by atoms with Crippen LogP contribution in [0.4, 0.5) is 8.78 Å². The van der Waals surface area contributed by atoms with E-state index >= 15 is 0 Å². The van der Waals surface area contributed by atoms with Crippen molar-refractivity contribution in [2.24, 2.45) is 0 Å². The van der Waals surface area contributed by atoms with E-state index in [2.05, 4.69) is 0 Å². The van der Waals surface area contributed by atoms with Crippen LogP contribution in [0.3, 0.4) is 0 Å². The Kier molecular flexibility index (Phi) is 4.62. The predicted molar refractivity (Wildman–Crippen MR) is 70.1 cm³/mol. The fourth-order valence-corrected chi connectivity index (χ4v) is 6.24. The Morgan fingerprint density at radius 1 is 1.17 bits per heavy atom. The summed E-state index contributed by atoms with van der Waals surface area (Å²) in [6.45, 7) is 5.77. The number of rotatable bonds is 5. The first kappa shape index (κ1) is 14.8. The van der Waals surface area contributed by atoms with Gasteiger partial charge in [0.1, 0.15) is 11.6 Å². The number of hydrogen-bond donors (Lipinski definition) is 1. The summed E-state index contributed by atoms with van der Waals surface area (Å²) in [5, 5.41) is 8.97. The van der Waals surface area contributed by atoms with E-state index in [-0.39, 0.29) is 5.19 Å². The summed E-state index contributed by atoms with van der Waals surface area (Å²) in [4.78, 5) is 10.9. The average Bonchev–Trinajstić information content (AvgIpc) is 2.34. The molecule has 0 radical (unpaired) electrons. The summed E-state index contributed by atoms with van der Waals surface area (Å²) in [6, 6.07) is 4.19. The summed E-state index contributed by atoms with van der Waals surface area (Å²) in [6.07, 6.45) is 0. The van der Waals surface area contributed by atoms with Gasteiger partial charge in [0.05, 0.1) is 13.6 Å². The van der Waals surface area contributed by atoms with E-state index in [1.807, 2.05) is 20.8 Å². The molecule has 0 aliphatic rings. The van der Waals surface area contributed by atoms with Crippen molar-refractivity contribution in [3.63, 3.8) is 0 Å². The summed E-state index contributed by atoms with van der Waals surface area (Å²) < 4.78 is 28.2. The first-order chi connectivity index (χ1) is 8.43. The number of carboxylic acid groups (broad SMARTS) is 1. The van der Waals surface area contributed by atoms with Gasteiger partial charge in [-0.3, -0.25) is 0 Å². The van der Waals surface area contributed by atoms with Gasteiger partial charge in [-0.05, 0) is 12.1 Å². The molecule has 100 valence electrons. The predicted octanol–water partition coefficient (Wildman–Crippen LogP) is 3.38. The zero-order chi connectivity index (χ0) is 13.9. The van der Waals surface area contributed by atoms with Gasteiger partial charge in [0.15, 0.2) is 0 Å². The van der Waals surface area contributed by atoms with Crippen molar-refractivity contribution < 1.29 is 18.7 Å². The Hall–Kier alpha value is -1.23. The molecule has 0 spiro atoms. The Bertz CT molecular complexity index is 448. The Morgan fingerprint density at radius 2 is 1.67 bits per heavy atom. The van der Waals surface area contributed by atoms with Crippen LogP contribution in [0, 0.1) is 11.6 Å². The molecule has 0 fully saturated rings. The third-order valence-electron chi connectivity index (χ3n) is 3.88. The summed E-state index contributed by atoms with van der Waals surface area (Å²) in [5.41, 5.74) is -0.432. The molecule has 18 heavy (non-hydrogen) atoms. The molecule has 2 nitrogen and oxygen atoms in total. The Labute approximate surface area is 107 Å². The van der Waals surface area contributed by atoms with Crippen LogP contribution in [-0.4, -0.2) is 19.1 Å². The number of aromatic carboxylic acids is 1. The van der Waals surface area contributed by atoms with E-state index in [9.17, 15) is 13.6 Å². The lowest BCUT2D eigenvalue weighted by Gasteiger charge is -2.29. The number of halogens is 2. The highest BCUT2D eigenvalue weighted by molar-refractivity contribution is 6.91. The highest BCUT2D eigenvalue weighted by Crippen LogP contribution is 2.24. The van der Waals surface area contributed by atoms with Crippen LogP contribution in [-0.2, 0) is 0 Å². The van der Waals surface area contributed by atoms with Crippen molar-refractivity contribution in [2.45, 2.75) is 38.9 Å². The van der Waals surface area contributed by atoms with Crippen LogP contribution in [0.2, 0.25) is 18.1 Å². The number of benzene rings is 1. The summed E-state index contributed by atoms with van der Waals surface area (Å²) >= 11 is 0. The molecule has 0 bridgehead atoms. The molecule has 5 heteroatoms. The van der Waals surface area contributed by atoms with Gasteiger partial charge in [0, 0.05) is 5.19 Å². The fourth-order valence-electron chi connectivity index (χ4n) is 2.48. The van der Waals surface area contributed by atoms with E-state index in [0.29, 0.717) is 18.1 Å². The Morgan fingerprint density at radius 3 is 2.06 bits per heavy atom. The fraction of sp³-hybridized carbons (Fsp3) is 0.462. The lowest BCUT2D eigenvalue weighted by atomic mass is 10.2. The van der Waals surface area contributed by atoms with Crippen molar-refractivity contribution >= 4 is 19.2 Å². The van der Waals surface area contributed by atoms with E-state index in [4.69, 9.17) is 5.11 Å². The van der Waals surface area contributed by atoms with E-state index in [0.717, 1.165) is 12.1 Å². The lowest BCUT2D eigenvalue weighted by Crippen LogP contribution is -2.50. The highest BCUT2D eigenvalue weighted by atomic mass is 28.3. The topological polar surface area (TPSA) is 37.3 Å². The largest absolute Gasteiger partial charge is 0.478 e. The monoisotopic (exact) mass is 272 g/mol. The van der Waals surface area contributed by atoms with Gasteiger partial charge < -0.3 is 5.11 Å². The van der Waals surface area contributed by atoms with E-state index < -0.39 is 31.2 Å². The summed E-state index contributed by atoms with van der Waals surface area (Å²) in [5.74, 6) is -2.82. The molecule has 1 aromatic rings. The molecule has 0 unspecified atom stereocenters. The van der Waals surface area contributed by atoms with Gasteiger partial charge in [-0.2, -0.15) is 0 Å². The molecule has 0 aliphatic carbocycles. The molecule has 0 heterocycles. The zero-order valence-corrected chi connectivity index (χ0v) is 11.9. The molecule has 1 rings (SSSR count). The van der Waals surface area contributed by atoms with Crippen molar-refractivity contribution in [1.29, 1.82) is 0 Å². The van der Waals surface area contributed by atoms with Gasteiger partial charge >= 0.3 is 5.97 Å². The second kappa shape index (κ2) is 5.61. The van der Waals surface area contributed by atoms with Crippen LogP contribution in [0.1, 0.15) is 31.1 Å². The molecule has 0 atom stereocenters. The maximum Gasteiger partial charge on any atom is 0.338 e. The molecule has 0 saturated heterocycles. The van der Waals surface area contributed by atoms with Gasteiger partial charge in [-0.1, -0.05) is 38.9 Å². The number of carbonyl (C=O) groups is 1. The summed E-state index contributed by atoms with van der Waals surface area (Å²) in [7, 11) is -2.27. The van der Waals surface area contributed by atoms with Crippen molar-refractivity contribution in [3.8, 4) is 0 Å². The van der Waals surface area contributed by atoms with Crippen LogP contribution in [0.15, 0.2) is 12.1 Å². The molecule has 1 N–H and O–H groups in total. The first-order valence-electron chi connectivity index (χ1n) is 6.15. The van der Waals surface area contributed by atoms with Crippen LogP contribution < -0.4 is 5.19 Å². The van der Waals surface area contributed by atoms with Crippen molar-refractivity contribution in [2.75, 3.05) is 0 Å². The average molecular weight is 272 g/mol. The highest BCUT2D eigenvalue weighted by Gasteiger charge is 2.36. The van der Waals surface area contributed by atoms with E-state index in [1.54, 1.807) is 0 Å². The maximum absolute atomic E-state index is 14.3. The minimum Gasteiger partial charge on any atom is -0.478 e. The van der Waals surface area contributed by atoms with E-state index in [1.165, 1.54) is 0 Å². The van der Waals surface area contributed by atoms with Crippen LogP contribution in [0.5, 0.6) is 0 Å². The molecule has 1 aromatic carbocycles. The SMILES string of the molecule is CC[Si](CC)(CC)c1c(F)ccc(C(=O)O)c1F. The molecule has 0 aliphatic heterocycles. The van der Waals surface area contributed by atoms with Crippen LogP contribution >= 0.6 is 0 Å². The lowest BCUT2D eigenvalue weighted by molar-refractivity contribution is 0.0692. The van der Waals surface area contributed by atoms with Gasteiger partial charge in [0.25, 0.3) is 0 Å². The smallest absolute Gasteiger partial charge is 0.338 e. The maximum atomic E-state index is 14.3. The minimum atomic E-state index is -2.27. The van der Waals surface area contributed by atoms with Gasteiger partial charge in [0.2, 0.25) is 0 Å². The standard InChI is InChI=1S/C13H18F2O2Si/c1-4-18(5-2,6-3)12-10(14)8-7-9(11(12)15)13(16)17/h7-8H,4-6H2,1-3H3,(H,16,17). The number of hydrogen-bond acceptors (Lipinski definition) is 1. The second-order valence-electron chi connectivity index (χ2n) is 4.43. The third-order valence-corrected chi connectivity index (χ3v) is 9.46.